The number of aromatic nitrogens is 2. The third-order valence-corrected chi connectivity index (χ3v) is 2.33. The fourth-order valence-electron chi connectivity index (χ4n) is 1.37. The first-order valence-electron chi connectivity index (χ1n) is 4.55. The molecule has 0 atom stereocenters. The molecule has 2 aromatic rings. The van der Waals surface area contributed by atoms with Crippen LogP contribution in [0.25, 0.3) is 5.69 Å². The Balaban J connectivity index is 2.49. The number of rotatable bonds is 1. The summed E-state index contributed by atoms with van der Waals surface area (Å²) in [6.07, 6.45) is 1.68. The minimum Gasteiger partial charge on any atom is -0.396 e. The molecule has 2 N–H and O–H groups in total. The van der Waals surface area contributed by atoms with E-state index >= 15 is 0 Å². The van der Waals surface area contributed by atoms with Crippen molar-refractivity contribution in [2.24, 2.45) is 0 Å². The van der Waals surface area contributed by atoms with Crippen molar-refractivity contribution in [3.05, 3.63) is 41.7 Å². The van der Waals surface area contributed by atoms with E-state index in [2.05, 4.69) is 24.2 Å². The Bertz CT molecular complexity index is 440. The molecule has 14 heavy (non-hydrogen) atoms. The van der Waals surface area contributed by atoms with E-state index in [0.29, 0.717) is 0 Å². The molecule has 1 aromatic heterocycles. The lowest BCUT2D eigenvalue weighted by molar-refractivity contribution is 0.847. The van der Waals surface area contributed by atoms with Gasteiger partial charge in [0.15, 0.2) is 0 Å². The average Bonchev–Trinajstić information content (AvgIpc) is 2.50. The topological polar surface area (TPSA) is 43.8 Å². The van der Waals surface area contributed by atoms with Crippen LogP contribution in [0.5, 0.6) is 0 Å². The molecule has 1 heterocycles. The maximum absolute atomic E-state index is 5.72. The van der Waals surface area contributed by atoms with Crippen LogP contribution in [-0.2, 0) is 0 Å². The number of nitrogens with zero attached hydrogens (tertiary/aromatic N) is 2. The van der Waals surface area contributed by atoms with Gasteiger partial charge in [0.2, 0.25) is 0 Å². The Hall–Kier alpha value is -1.77. The lowest BCUT2D eigenvalue weighted by Gasteiger charge is -2.04. The normalized spacial score (nSPS) is 10.4. The highest BCUT2D eigenvalue weighted by molar-refractivity contribution is 5.45. The Labute approximate surface area is 83.2 Å². The molecular weight excluding hydrogens is 174 g/mol. The zero-order valence-corrected chi connectivity index (χ0v) is 8.36. The zero-order valence-electron chi connectivity index (χ0n) is 8.36. The van der Waals surface area contributed by atoms with E-state index in [1.54, 1.807) is 6.20 Å². The van der Waals surface area contributed by atoms with Crippen LogP contribution in [0.4, 0.5) is 5.69 Å². The van der Waals surface area contributed by atoms with Gasteiger partial charge in [0.1, 0.15) is 0 Å². The zero-order chi connectivity index (χ0) is 10.1. The summed E-state index contributed by atoms with van der Waals surface area (Å²) in [5, 5.41) is 4.21. The molecule has 0 aliphatic rings. The lowest BCUT2D eigenvalue weighted by Crippen LogP contribution is -1.99. The van der Waals surface area contributed by atoms with E-state index in [4.69, 9.17) is 5.73 Å². The molecule has 0 aliphatic heterocycles. The maximum Gasteiger partial charge on any atom is 0.0734 e. The maximum atomic E-state index is 5.72. The molecule has 0 aliphatic carbocycles. The van der Waals surface area contributed by atoms with Crippen molar-refractivity contribution in [2.75, 3.05) is 5.73 Å². The number of anilines is 1. The fraction of sp³-hybridized carbons (Fsp3) is 0.182. The van der Waals surface area contributed by atoms with Crippen LogP contribution >= 0.6 is 0 Å². The van der Waals surface area contributed by atoms with Crippen molar-refractivity contribution in [1.82, 2.24) is 9.78 Å². The molecule has 0 saturated heterocycles. The minimum absolute atomic E-state index is 0.727. The van der Waals surface area contributed by atoms with Crippen molar-refractivity contribution < 1.29 is 0 Å². The van der Waals surface area contributed by atoms with Gasteiger partial charge in [-0.1, -0.05) is 17.7 Å². The van der Waals surface area contributed by atoms with E-state index in [-0.39, 0.29) is 0 Å². The Kier molecular flexibility index (Phi) is 2.00. The second-order valence-corrected chi connectivity index (χ2v) is 3.43. The number of hydrogen-bond acceptors (Lipinski definition) is 2. The van der Waals surface area contributed by atoms with E-state index in [9.17, 15) is 0 Å². The summed E-state index contributed by atoms with van der Waals surface area (Å²) in [5.41, 5.74) is 9.72. The third kappa shape index (κ3) is 1.37. The van der Waals surface area contributed by atoms with Gasteiger partial charge >= 0.3 is 0 Å². The van der Waals surface area contributed by atoms with Crippen molar-refractivity contribution >= 4 is 5.69 Å². The number of nitrogens with two attached hydrogens (primary N) is 1. The fourth-order valence-corrected chi connectivity index (χ4v) is 1.37. The van der Waals surface area contributed by atoms with Gasteiger partial charge in [-0.05, 0) is 26.0 Å². The first-order valence-corrected chi connectivity index (χ1v) is 4.55. The van der Waals surface area contributed by atoms with Crippen molar-refractivity contribution in [1.29, 1.82) is 0 Å². The van der Waals surface area contributed by atoms with Crippen LogP contribution in [0.2, 0.25) is 0 Å². The number of benzene rings is 1. The number of aryl methyl sites for hydroxylation is 1. The molecule has 0 saturated carbocycles. The molecule has 0 bridgehead atoms. The minimum atomic E-state index is 0.727. The van der Waals surface area contributed by atoms with Crippen LogP contribution in [0, 0.1) is 13.8 Å². The van der Waals surface area contributed by atoms with Crippen molar-refractivity contribution in [3.8, 4) is 5.69 Å². The SMILES string of the molecule is Cc1ccc(-n2ncc(N)c2C)cc1. The highest BCUT2D eigenvalue weighted by atomic mass is 15.3. The molecule has 0 fully saturated rings. The van der Waals surface area contributed by atoms with Crippen LogP contribution in [0.3, 0.4) is 0 Å². The van der Waals surface area contributed by atoms with Gasteiger partial charge in [-0.15, -0.1) is 0 Å². The Morgan fingerprint density at radius 3 is 2.29 bits per heavy atom. The molecular formula is C11H13N3. The molecule has 0 amide bonds. The van der Waals surface area contributed by atoms with E-state index in [1.807, 2.05) is 23.7 Å². The lowest BCUT2D eigenvalue weighted by atomic mass is 10.2. The second-order valence-electron chi connectivity index (χ2n) is 3.43. The molecule has 0 spiro atoms. The predicted molar refractivity (Wildman–Crippen MR) is 57.5 cm³/mol. The molecule has 1 aromatic carbocycles. The summed E-state index contributed by atoms with van der Waals surface area (Å²) >= 11 is 0. The molecule has 0 radical (unpaired) electrons. The Morgan fingerprint density at radius 1 is 1.14 bits per heavy atom. The van der Waals surface area contributed by atoms with Crippen LogP contribution in [-0.4, -0.2) is 9.78 Å². The van der Waals surface area contributed by atoms with Gasteiger partial charge in [-0.25, -0.2) is 4.68 Å². The van der Waals surface area contributed by atoms with Crippen LogP contribution < -0.4 is 5.73 Å². The third-order valence-electron chi connectivity index (χ3n) is 2.33. The van der Waals surface area contributed by atoms with Gasteiger partial charge in [-0.3, -0.25) is 0 Å². The van der Waals surface area contributed by atoms with Crippen molar-refractivity contribution in [3.63, 3.8) is 0 Å². The van der Waals surface area contributed by atoms with Gasteiger partial charge < -0.3 is 5.73 Å². The molecule has 3 heteroatoms. The van der Waals surface area contributed by atoms with E-state index < -0.39 is 0 Å². The molecule has 72 valence electrons. The summed E-state index contributed by atoms with van der Waals surface area (Å²) in [5.74, 6) is 0. The van der Waals surface area contributed by atoms with Gasteiger partial charge in [0, 0.05) is 0 Å². The summed E-state index contributed by atoms with van der Waals surface area (Å²) in [7, 11) is 0. The van der Waals surface area contributed by atoms with Crippen molar-refractivity contribution in [2.45, 2.75) is 13.8 Å². The predicted octanol–water partition coefficient (Wildman–Crippen LogP) is 2.07. The summed E-state index contributed by atoms with van der Waals surface area (Å²) in [6.45, 7) is 4.02. The van der Waals surface area contributed by atoms with E-state index in [0.717, 1.165) is 17.1 Å². The van der Waals surface area contributed by atoms with Gasteiger partial charge in [-0.2, -0.15) is 5.10 Å². The van der Waals surface area contributed by atoms with E-state index in [1.165, 1.54) is 5.56 Å². The monoisotopic (exact) mass is 187 g/mol. The van der Waals surface area contributed by atoms with Crippen LogP contribution in [0.15, 0.2) is 30.5 Å². The molecule has 0 unspecified atom stereocenters. The average molecular weight is 187 g/mol. The summed E-state index contributed by atoms with van der Waals surface area (Å²) in [4.78, 5) is 0. The largest absolute Gasteiger partial charge is 0.396 e. The first-order chi connectivity index (χ1) is 6.68. The number of nitrogen functional groups attached to an aromatic ring is 1. The smallest absolute Gasteiger partial charge is 0.0734 e. The first kappa shape index (κ1) is 8.81. The second kappa shape index (κ2) is 3.18. The summed E-state index contributed by atoms with van der Waals surface area (Å²) < 4.78 is 1.84. The number of hydrogen-bond donors (Lipinski definition) is 1. The molecule has 2 rings (SSSR count). The van der Waals surface area contributed by atoms with Gasteiger partial charge in [0.25, 0.3) is 0 Å². The molecule has 3 nitrogen and oxygen atoms in total. The van der Waals surface area contributed by atoms with Crippen LogP contribution in [0.1, 0.15) is 11.3 Å². The Morgan fingerprint density at radius 2 is 1.79 bits per heavy atom. The standard InChI is InChI=1S/C11H13N3/c1-8-3-5-10(6-4-8)14-9(2)11(12)7-13-14/h3-7H,12H2,1-2H3. The summed E-state index contributed by atoms with van der Waals surface area (Å²) in [6, 6.07) is 8.20. The highest BCUT2D eigenvalue weighted by Gasteiger charge is 2.03. The quantitative estimate of drug-likeness (QED) is 0.742. The van der Waals surface area contributed by atoms with Gasteiger partial charge in [0.05, 0.1) is 23.3 Å². The highest BCUT2D eigenvalue weighted by Crippen LogP contribution is 2.15.